The van der Waals surface area contributed by atoms with Crippen LogP contribution in [0.1, 0.15) is 49.0 Å². The molecule has 0 radical (unpaired) electrons. The van der Waals surface area contributed by atoms with Crippen molar-refractivity contribution < 1.29 is 5.11 Å². The Labute approximate surface area is 208 Å². The van der Waals surface area contributed by atoms with Crippen LogP contribution in [-0.4, -0.2) is 64.7 Å². The van der Waals surface area contributed by atoms with Crippen LogP contribution in [0, 0.1) is 13.8 Å². The third-order valence-electron chi connectivity index (χ3n) is 5.77. The largest absolute Gasteiger partial charge is 0.508 e. The standard InChI is InChI=1S/C24H29N11O/c1-4-5-6-15-25-22-11-7-20(8-12-22)24(21-9-13-23(36)14-10-21,16-26-34-18(2)28-30-32-34)17-27-35-19(3)29-31-33-35/h7-14,16-17,25,36H,4-6,15H2,1-3H3. The predicted molar refractivity (Wildman–Crippen MR) is 136 cm³/mol. The Morgan fingerprint density at radius 2 is 1.36 bits per heavy atom. The van der Waals surface area contributed by atoms with Crippen LogP contribution in [0.15, 0.2) is 58.7 Å². The first-order chi connectivity index (χ1) is 17.5. The number of unbranched alkanes of at least 4 members (excludes halogenated alkanes) is 2. The number of nitrogens with one attached hydrogen (secondary N) is 1. The number of phenolic OH excluding ortho intramolecular Hbond substituents is 1. The molecule has 12 nitrogen and oxygen atoms in total. The summed E-state index contributed by atoms with van der Waals surface area (Å²) in [5, 5.41) is 45.6. The molecule has 0 amide bonds. The fourth-order valence-electron chi connectivity index (χ4n) is 3.67. The highest BCUT2D eigenvalue weighted by Gasteiger charge is 2.32. The summed E-state index contributed by atoms with van der Waals surface area (Å²) in [6.45, 7) is 6.62. The van der Waals surface area contributed by atoms with Gasteiger partial charge in [-0.05, 0) is 76.5 Å². The predicted octanol–water partition coefficient (Wildman–Crippen LogP) is 2.94. The van der Waals surface area contributed by atoms with E-state index < -0.39 is 5.41 Å². The molecular weight excluding hydrogens is 458 g/mol. The second-order valence-electron chi connectivity index (χ2n) is 8.35. The van der Waals surface area contributed by atoms with E-state index in [9.17, 15) is 5.11 Å². The molecule has 0 aliphatic rings. The Hall–Kier alpha value is -4.48. The summed E-state index contributed by atoms with van der Waals surface area (Å²) in [7, 11) is 0. The Morgan fingerprint density at radius 3 is 1.83 bits per heavy atom. The highest BCUT2D eigenvalue weighted by atomic mass is 16.3. The van der Waals surface area contributed by atoms with Gasteiger partial charge in [-0.3, -0.25) is 0 Å². The summed E-state index contributed by atoms with van der Waals surface area (Å²) in [6.07, 6.45) is 6.92. The van der Waals surface area contributed by atoms with Crippen molar-refractivity contribution in [2.45, 2.75) is 45.4 Å². The number of aromatic hydroxyl groups is 1. The third-order valence-corrected chi connectivity index (χ3v) is 5.77. The zero-order valence-corrected chi connectivity index (χ0v) is 20.5. The summed E-state index contributed by atoms with van der Waals surface area (Å²) in [6, 6.07) is 15.0. The summed E-state index contributed by atoms with van der Waals surface area (Å²) in [5.74, 6) is 1.22. The van der Waals surface area contributed by atoms with E-state index in [0.29, 0.717) is 11.6 Å². The maximum atomic E-state index is 9.95. The average molecular weight is 488 g/mol. The molecule has 0 fully saturated rings. The van der Waals surface area contributed by atoms with Gasteiger partial charge in [-0.15, -0.1) is 19.8 Å². The van der Waals surface area contributed by atoms with Gasteiger partial charge in [0.05, 0.1) is 5.41 Å². The van der Waals surface area contributed by atoms with E-state index in [2.05, 4.69) is 53.5 Å². The minimum atomic E-state index is -0.967. The normalized spacial score (nSPS) is 13.4. The van der Waals surface area contributed by atoms with Gasteiger partial charge in [0.1, 0.15) is 5.75 Å². The van der Waals surface area contributed by atoms with Crippen molar-refractivity contribution in [2.75, 3.05) is 11.9 Å². The van der Waals surface area contributed by atoms with Crippen LogP contribution in [0.2, 0.25) is 0 Å². The fraction of sp³-hybridized carbons (Fsp3) is 0.333. The molecule has 2 N–H and O–H groups in total. The first-order valence-electron chi connectivity index (χ1n) is 11.8. The molecule has 0 atom stereocenters. The molecule has 36 heavy (non-hydrogen) atoms. The van der Waals surface area contributed by atoms with Gasteiger partial charge in [0.2, 0.25) is 0 Å². The van der Waals surface area contributed by atoms with Crippen molar-refractivity contribution in [3.05, 3.63) is 71.3 Å². The quantitative estimate of drug-likeness (QED) is 0.243. The Bertz CT molecular complexity index is 1260. The maximum Gasteiger partial charge on any atom is 0.173 e. The minimum Gasteiger partial charge on any atom is -0.508 e. The SMILES string of the molecule is CCCCCNc1ccc(C(C=Nn2nnnc2C)(C=Nn2nnnc2C)c2ccc(O)cc2)cc1. The van der Waals surface area contributed by atoms with Gasteiger partial charge in [-0.1, -0.05) is 44.0 Å². The lowest BCUT2D eigenvalue weighted by atomic mass is 9.76. The number of phenols is 1. The zero-order valence-electron chi connectivity index (χ0n) is 20.5. The molecule has 2 aromatic heterocycles. The first kappa shape index (κ1) is 24.6. The number of anilines is 1. The molecule has 0 unspecified atom stereocenters. The molecule has 4 rings (SSSR count). The van der Waals surface area contributed by atoms with Crippen molar-refractivity contribution in [2.24, 2.45) is 10.2 Å². The molecule has 0 spiro atoms. The van der Waals surface area contributed by atoms with Gasteiger partial charge < -0.3 is 10.4 Å². The molecule has 4 aromatic rings. The molecule has 0 aliphatic carbocycles. The lowest BCUT2D eigenvalue weighted by Gasteiger charge is -2.27. The smallest absolute Gasteiger partial charge is 0.173 e. The van der Waals surface area contributed by atoms with Crippen LogP contribution in [0.25, 0.3) is 0 Å². The van der Waals surface area contributed by atoms with Crippen molar-refractivity contribution >= 4 is 18.1 Å². The number of hydrogen-bond donors (Lipinski definition) is 2. The van der Waals surface area contributed by atoms with E-state index in [4.69, 9.17) is 0 Å². The van der Waals surface area contributed by atoms with Gasteiger partial charge >= 0.3 is 0 Å². The van der Waals surface area contributed by atoms with Crippen molar-refractivity contribution in [1.29, 1.82) is 0 Å². The van der Waals surface area contributed by atoms with Gasteiger partial charge in [0, 0.05) is 24.7 Å². The van der Waals surface area contributed by atoms with Crippen LogP contribution in [0.4, 0.5) is 5.69 Å². The molecule has 2 aromatic carbocycles. The van der Waals surface area contributed by atoms with Crippen molar-refractivity contribution in [1.82, 2.24) is 40.6 Å². The molecule has 0 saturated heterocycles. The molecule has 0 saturated carbocycles. The van der Waals surface area contributed by atoms with Crippen LogP contribution < -0.4 is 5.32 Å². The van der Waals surface area contributed by atoms with Crippen LogP contribution in [0.3, 0.4) is 0 Å². The van der Waals surface area contributed by atoms with Gasteiger partial charge in [-0.25, -0.2) is 0 Å². The zero-order chi connectivity index (χ0) is 25.4. The van der Waals surface area contributed by atoms with E-state index >= 15 is 0 Å². The monoisotopic (exact) mass is 487 g/mol. The Morgan fingerprint density at radius 1 is 0.833 bits per heavy atom. The molecule has 186 valence electrons. The van der Waals surface area contributed by atoms with E-state index in [1.165, 1.54) is 22.4 Å². The van der Waals surface area contributed by atoms with Crippen LogP contribution in [0.5, 0.6) is 5.75 Å². The summed E-state index contributed by atoms with van der Waals surface area (Å²) >= 11 is 0. The molecule has 2 heterocycles. The fourth-order valence-corrected chi connectivity index (χ4v) is 3.67. The summed E-state index contributed by atoms with van der Waals surface area (Å²) < 4.78 is 0. The van der Waals surface area contributed by atoms with Crippen molar-refractivity contribution in [3.8, 4) is 5.75 Å². The number of hydrogen-bond acceptors (Lipinski definition) is 10. The number of aryl methyl sites for hydroxylation is 2. The second kappa shape index (κ2) is 11.3. The van der Waals surface area contributed by atoms with Gasteiger partial charge in [0.25, 0.3) is 0 Å². The number of rotatable bonds is 11. The van der Waals surface area contributed by atoms with Gasteiger partial charge in [-0.2, -0.15) is 10.2 Å². The molecular formula is C24H29N11O. The topological polar surface area (TPSA) is 144 Å². The van der Waals surface area contributed by atoms with E-state index in [-0.39, 0.29) is 5.75 Å². The summed E-state index contributed by atoms with van der Waals surface area (Å²) in [4.78, 5) is 2.68. The number of benzene rings is 2. The molecule has 12 heteroatoms. The van der Waals surface area contributed by atoms with E-state index in [0.717, 1.165) is 29.8 Å². The molecule has 0 aliphatic heterocycles. The van der Waals surface area contributed by atoms with Crippen LogP contribution in [-0.2, 0) is 5.41 Å². The Kier molecular flexibility index (Phi) is 7.73. The van der Waals surface area contributed by atoms with Gasteiger partial charge in [0.15, 0.2) is 11.6 Å². The summed E-state index contributed by atoms with van der Waals surface area (Å²) in [5.41, 5.74) is 1.76. The average Bonchev–Trinajstić information content (AvgIpc) is 3.50. The maximum absolute atomic E-state index is 9.95. The van der Waals surface area contributed by atoms with Crippen LogP contribution >= 0.6 is 0 Å². The minimum absolute atomic E-state index is 0.154. The number of aromatic nitrogens is 8. The highest BCUT2D eigenvalue weighted by molar-refractivity contribution is 6.01. The molecule has 0 bridgehead atoms. The van der Waals surface area contributed by atoms with Crippen molar-refractivity contribution in [3.63, 3.8) is 0 Å². The second-order valence-corrected chi connectivity index (χ2v) is 8.35. The lowest BCUT2D eigenvalue weighted by molar-refractivity contribution is 0.475. The van der Waals surface area contributed by atoms with E-state index in [1.807, 2.05) is 36.4 Å². The first-order valence-corrected chi connectivity index (χ1v) is 11.8. The number of tetrazole rings is 2. The number of nitrogens with zero attached hydrogens (tertiary/aromatic N) is 10. The van der Waals surface area contributed by atoms with E-state index in [1.54, 1.807) is 38.4 Å². The Balaban J connectivity index is 1.81. The highest BCUT2D eigenvalue weighted by Crippen LogP contribution is 2.32. The third kappa shape index (κ3) is 5.59. The lowest BCUT2D eigenvalue weighted by Crippen LogP contribution is -2.32.